The van der Waals surface area contributed by atoms with Crippen LogP contribution in [0.3, 0.4) is 0 Å². The number of urea groups is 1. The topological polar surface area (TPSA) is 123 Å². The summed E-state index contributed by atoms with van der Waals surface area (Å²) in [6.45, 7) is 2.97. The zero-order valence-electron chi connectivity index (χ0n) is 12.6. The first-order chi connectivity index (χ1) is 10.9. The first kappa shape index (κ1) is 17.8. The number of hydrogen-bond acceptors (Lipinski definition) is 6. The summed E-state index contributed by atoms with van der Waals surface area (Å²) in [7, 11) is 0. The predicted molar refractivity (Wildman–Crippen MR) is 83.4 cm³/mol. The van der Waals surface area contributed by atoms with Crippen LogP contribution in [0, 0.1) is 10.1 Å². The monoisotopic (exact) mass is 320 g/mol. The molecule has 2 amide bonds. The first-order valence-electron chi connectivity index (χ1n) is 6.63. The van der Waals surface area contributed by atoms with Crippen molar-refractivity contribution in [2.75, 3.05) is 11.9 Å². The van der Waals surface area contributed by atoms with E-state index in [2.05, 4.69) is 15.8 Å². The molecule has 1 rings (SSSR count). The van der Waals surface area contributed by atoms with Crippen LogP contribution in [-0.4, -0.2) is 29.2 Å². The standard InChI is InChI=1S/C14H16N4O5/c1-3-23-13(19)12(9-18(21)22)10(2)16-17-14(20)15-11-7-5-4-6-8-11/h4-9H,3H2,1-2H3,(H2,15,17,20)/b12-9+,16-10+. The molecule has 1 aromatic rings. The second kappa shape index (κ2) is 8.93. The Bertz CT molecular complexity index is 640. The van der Waals surface area contributed by atoms with Crippen LogP contribution in [-0.2, 0) is 9.53 Å². The molecule has 1 aromatic carbocycles. The van der Waals surface area contributed by atoms with E-state index in [0.717, 1.165) is 0 Å². The molecule has 9 heteroatoms. The number of ether oxygens (including phenoxy) is 1. The van der Waals surface area contributed by atoms with Gasteiger partial charge in [-0.1, -0.05) is 18.2 Å². The molecule has 0 unspecified atom stereocenters. The fourth-order valence-corrected chi connectivity index (χ4v) is 1.48. The maximum Gasteiger partial charge on any atom is 0.346 e. The van der Waals surface area contributed by atoms with Gasteiger partial charge in [-0.15, -0.1) is 0 Å². The third kappa shape index (κ3) is 6.38. The fourth-order valence-electron chi connectivity index (χ4n) is 1.48. The number of rotatable bonds is 6. The lowest BCUT2D eigenvalue weighted by Crippen LogP contribution is -2.26. The lowest BCUT2D eigenvalue weighted by Gasteiger charge is -2.06. The van der Waals surface area contributed by atoms with E-state index in [9.17, 15) is 19.7 Å². The SMILES string of the molecule is CCOC(=O)C(=C/[N+](=O)[O-])/C(C)=N/NC(=O)Nc1ccccc1. The van der Waals surface area contributed by atoms with E-state index in [-0.39, 0.29) is 17.9 Å². The second-order valence-electron chi connectivity index (χ2n) is 4.18. The fraction of sp³-hybridized carbons (Fsp3) is 0.214. The third-order valence-electron chi connectivity index (χ3n) is 2.48. The van der Waals surface area contributed by atoms with E-state index < -0.39 is 16.9 Å². The summed E-state index contributed by atoms with van der Waals surface area (Å²) in [4.78, 5) is 33.1. The van der Waals surface area contributed by atoms with Gasteiger partial charge in [0.05, 0.1) is 17.2 Å². The van der Waals surface area contributed by atoms with Gasteiger partial charge in [0.15, 0.2) is 5.57 Å². The molecule has 0 heterocycles. The predicted octanol–water partition coefficient (Wildman–Crippen LogP) is 1.91. The molecule has 122 valence electrons. The zero-order chi connectivity index (χ0) is 17.2. The van der Waals surface area contributed by atoms with E-state index in [0.29, 0.717) is 11.9 Å². The molecule has 0 saturated carbocycles. The summed E-state index contributed by atoms with van der Waals surface area (Å²) in [6, 6.07) is 7.96. The van der Waals surface area contributed by atoms with Gasteiger partial charge in [0.1, 0.15) is 0 Å². The highest BCUT2D eigenvalue weighted by Crippen LogP contribution is 2.05. The summed E-state index contributed by atoms with van der Waals surface area (Å²) in [6.07, 6.45) is 0.480. The quantitative estimate of drug-likeness (QED) is 0.272. The number of carbonyl (C=O) groups is 2. The number of nitrogens with zero attached hydrogens (tertiary/aromatic N) is 2. The van der Waals surface area contributed by atoms with Crippen LogP contribution >= 0.6 is 0 Å². The minimum Gasteiger partial charge on any atom is -0.462 e. The molecule has 0 fully saturated rings. The number of amides is 2. The van der Waals surface area contributed by atoms with Crippen molar-refractivity contribution in [2.45, 2.75) is 13.8 Å². The first-order valence-corrected chi connectivity index (χ1v) is 6.63. The van der Waals surface area contributed by atoms with Crippen molar-refractivity contribution in [1.82, 2.24) is 5.43 Å². The molecule has 0 spiro atoms. The van der Waals surface area contributed by atoms with Crippen LogP contribution in [0.4, 0.5) is 10.5 Å². The van der Waals surface area contributed by atoms with Gasteiger partial charge in [-0.2, -0.15) is 5.10 Å². The van der Waals surface area contributed by atoms with Crippen molar-refractivity contribution in [3.63, 3.8) is 0 Å². The van der Waals surface area contributed by atoms with Crippen molar-refractivity contribution in [1.29, 1.82) is 0 Å². The minimum atomic E-state index is -0.893. The number of carbonyl (C=O) groups excluding carboxylic acids is 2. The van der Waals surface area contributed by atoms with Crippen LogP contribution in [0.1, 0.15) is 13.8 Å². The molecule has 0 aliphatic heterocycles. The van der Waals surface area contributed by atoms with Crippen LogP contribution in [0.15, 0.2) is 47.2 Å². The summed E-state index contributed by atoms with van der Waals surface area (Å²) in [5.74, 6) is -0.893. The Morgan fingerprint density at radius 3 is 2.57 bits per heavy atom. The van der Waals surface area contributed by atoms with Crippen molar-refractivity contribution in [2.24, 2.45) is 5.10 Å². The van der Waals surface area contributed by atoms with Gasteiger partial charge in [-0.05, 0) is 26.0 Å². The number of esters is 1. The van der Waals surface area contributed by atoms with Crippen LogP contribution < -0.4 is 10.7 Å². The summed E-state index contributed by atoms with van der Waals surface area (Å²) in [5.41, 5.74) is 2.29. The number of benzene rings is 1. The Hall–Kier alpha value is -3.23. The highest BCUT2D eigenvalue weighted by atomic mass is 16.6. The van der Waals surface area contributed by atoms with E-state index in [4.69, 9.17) is 4.74 Å². The molecule has 0 aromatic heterocycles. The zero-order valence-corrected chi connectivity index (χ0v) is 12.6. The number of nitro groups is 1. The highest BCUT2D eigenvalue weighted by Gasteiger charge is 2.19. The number of nitrogens with one attached hydrogen (secondary N) is 2. The van der Waals surface area contributed by atoms with Crippen molar-refractivity contribution in [3.05, 3.63) is 52.2 Å². The number of hydrogen-bond donors (Lipinski definition) is 2. The normalized spacial score (nSPS) is 11.6. The second-order valence-corrected chi connectivity index (χ2v) is 4.18. The van der Waals surface area contributed by atoms with Crippen molar-refractivity contribution >= 4 is 23.4 Å². The molecule has 0 aliphatic carbocycles. The van der Waals surface area contributed by atoms with Gasteiger partial charge in [0.25, 0.3) is 6.20 Å². The Kier molecular flexibility index (Phi) is 6.92. The lowest BCUT2D eigenvalue weighted by atomic mass is 10.2. The highest BCUT2D eigenvalue weighted by molar-refractivity contribution is 6.18. The van der Waals surface area contributed by atoms with Gasteiger partial charge in [0.2, 0.25) is 0 Å². The molecular formula is C14H16N4O5. The number of hydrazone groups is 1. The molecule has 0 aliphatic rings. The summed E-state index contributed by atoms with van der Waals surface area (Å²) < 4.78 is 4.71. The maximum atomic E-state index is 11.7. The minimum absolute atomic E-state index is 0.0524. The molecule has 2 N–H and O–H groups in total. The Balaban J connectivity index is 2.77. The van der Waals surface area contributed by atoms with Crippen LogP contribution in [0.2, 0.25) is 0 Å². The van der Waals surface area contributed by atoms with Gasteiger partial charge >= 0.3 is 12.0 Å². The molecule has 0 saturated heterocycles. The Morgan fingerprint density at radius 1 is 1.35 bits per heavy atom. The summed E-state index contributed by atoms with van der Waals surface area (Å²) in [5, 5.41) is 16.7. The largest absolute Gasteiger partial charge is 0.462 e. The number of anilines is 1. The molecule has 0 bridgehead atoms. The Labute approximate surface area is 132 Å². The van der Waals surface area contributed by atoms with Crippen LogP contribution in [0.25, 0.3) is 0 Å². The van der Waals surface area contributed by atoms with Crippen molar-refractivity contribution < 1.29 is 19.2 Å². The molecular weight excluding hydrogens is 304 g/mol. The molecule has 23 heavy (non-hydrogen) atoms. The van der Waals surface area contributed by atoms with E-state index in [1.54, 1.807) is 37.3 Å². The van der Waals surface area contributed by atoms with Gasteiger partial charge in [0, 0.05) is 5.69 Å². The average Bonchev–Trinajstić information content (AvgIpc) is 2.51. The number of para-hydroxylation sites is 1. The average molecular weight is 320 g/mol. The van der Waals surface area contributed by atoms with Crippen molar-refractivity contribution in [3.8, 4) is 0 Å². The molecule has 0 atom stereocenters. The van der Waals surface area contributed by atoms with E-state index in [1.807, 2.05) is 0 Å². The van der Waals surface area contributed by atoms with Gasteiger partial charge in [-0.25, -0.2) is 15.0 Å². The van der Waals surface area contributed by atoms with Crippen LogP contribution in [0.5, 0.6) is 0 Å². The maximum absolute atomic E-state index is 11.7. The van der Waals surface area contributed by atoms with Gasteiger partial charge < -0.3 is 10.1 Å². The molecule has 9 nitrogen and oxygen atoms in total. The Morgan fingerprint density at radius 2 is 2.00 bits per heavy atom. The smallest absolute Gasteiger partial charge is 0.346 e. The third-order valence-corrected chi connectivity index (χ3v) is 2.48. The van der Waals surface area contributed by atoms with E-state index >= 15 is 0 Å². The van der Waals surface area contributed by atoms with E-state index in [1.165, 1.54) is 6.92 Å². The van der Waals surface area contributed by atoms with Gasteiger partial charge in [-0.3, -0.25) is 10.1 Å². The summed E-state index contributed by atoms with van der Waals surface area (Å²) >= 11 is 0. The molecule has 0 radical (unpaired) electrons. The lowest BCUT2D eigenvalue weighted by molar-refractivity contribution is -0.402.